The second-order valence-electron chi connectivity index (χ2n) is 9.54. The quantitative estimate of drug-likeness (QED) is 0.0542. The smallest absolute Gasteiger partial charge is 0.336 e. The number of nitrogens with one attached hydrogen (secondary N) is 2. The van der Waals surface area contributed by atoms with Crippen molar-refractivity contribution in [3.63, 3.8) is 0 Å². The van der Waals surface area contributed by atoms with Gasteiger partial charge in [-0.15, -0.1) is 0 Å². The molecule has 3 amide bonds. The molecule has 2 aliphatic rings. The minimum Gasteiger partial charge on any atom is -0.508 e. The average Bonchev–Trinajstić information content (AvgIpc) is 2.97. The number of rotatable bonds is 12. The van der Waals surface area contributed by atoms with Gasteiger partial charge >= 0.3 is 5.97 Å². The molecule has 0 radical (unpaired) electrons. The van der Waals surface area contributed by atoms with Crippen molar-refractivity contribution in [2.45, 2.75) is 25.3 Å². The molecule has 1 aliphatic carbocycles. The highest BCUT2D eigenvalue weighted by Gasteiger charge is 2.23. The maximum absolute atomic E-state index is 12.9. The number of benzene rings is 3. The van der Waals surface area contributed by atoms with Crippen LogP contribution in [0.5, 0.6) is 5.75 Å². The standard InChI is InChI=1S/C29H26N6O8/c30-27(39)22(34-25(38)14-33-35-31)3-1-2-10-32-28(40)15-4-7-18(21(11-15)29(41)42)26-19-8-5-16(36)12-23(19)43-24-13-17(37)6-9-20(24)26/h4-9,11-13,22,36H,1-3,10,14H2,(H2,30,39)(H,32,40)(H,34,38)(H,41,42). The van der Waals surface area contributed by atoms with Gasteiger partial charge in [-0.25, -0.2) is 4.79 Å². The number of amides is 3. The van der Waals surface area contributed by atoms with Crippen molar-refractivity contribution in [3.05, 3.63) is 86.4 Å². The molecule has 1 heterocycles. The van der Waals surface area contributed by atoms with Gasteiger partial charge in [0, 0.05) is 45.7 Å². The van der Waals surface area contributed by atoms with Crippen molar-refractivity contribution >= 4 is 34.7 Å². The summed E-state index contributed by atoms with van der Waals surface area (Å²) in [5.74, 6) is -3.09. The van der Waals surface area contributed by atoms with Gasteiger partial charge in [0.1, 0.15) is 29.7 Å². The van der Waals surface area contributed by atoms with E-state index < -0.39 is 36.3 Å². The summed E-state index contributed by atoms with van der Waals surface area (Å²) in [4.78, 5) is 63.0. The molecule has 14 nitrogen and oxygen atoms in total. The number of carboxylic acids is 1. The van der Waals surface area contributed by atoms with Gasteiger partial charge in [0.25, 0.3) is 5.91 Å². The van der Waals surface area contributed by atoms with Gasteiger partial charge in [0.2, 0.25) is 11.8 Å². The SMILES string of the molecule is [N-]=[N+]=NCC(=O)NC(CCCCNC(=O)c1ccc(-c2c3ccc(=O)cc-3oc3cc(O)ccc23)c(C(=O)O)c1)C(N)=O. The lowest BCUT2D eigenvalue weighted by Crippen LogP contribution is -2.45. The molecular formula is C29H26N6O8. The van der Waals surface area contributed by atoms with Crippen LogP contribution in [0.1, 0.15) is 40.0 Å². The van der Waals surface area contributed by atoms with Crippen LogP contribution >= 0.6 is 0 Å². The number of carboxylic acid groups (broad SMARTS) is 1. The van der Waals surface area contributed by atoms with Gasteiger partial charge in [-0.2, -0.15) is 0 Å². The summed E-state index contributed by atoms with van der Waals surface area (Å²) in [6, 6.07) is 11.8. The van der Waals surface area contributed by atoms with E-state index in [1.165, 1.54) is 48.5 Å². The lowest BCUT2D eigenvalue weighted by Gasteiger charge is -2.17. The second-order valence-corrected chi connectivity index (χ2v) is 9.54. The molecule has 2 aromatic rings. The van der Waals surface area contributed by atoms with E-state index in [2.05, 4.69) is 20.7 Å². The third-order valence-corrected chi connectivity index (χ3v) is 6.62. The first-order valence-electron chi connectivity index (χ1n) is 13.0. The average molecular weight is 587 g/mol. The van der Waals surface area contributed by atoms with Gasteiger partial charge < -0.3 is 31.0 Å². The van der Waals surface area contributed by atoms with Crippen LogP contribution in [0.15, 0.2) is 68.9 Å². The van der Waals surface area contributed by atoms with E-state index in [9.17, 15) is 34.2 Å². The molecule has 14 heteroatoms. The monoisotopic (exact) mass is 586 g/mol. The summed E-state index contributed by atoms with van der Waals surface area (Å²) in [5, 5.41) is 28.7. The van der Waals surface area contributed by atoms with Crippen molar-refractivity contribution in [1.29, 1.82) is 0 Å². The molecule has 43 heavy (non-hydrogen) atoms. The van der Waals surface area contributed by atoms with Crippen molar-refractivity contribution < 1.29 is 33.8 Å². The Morgan fingerprint density at radius 2 is 1.79 bits per heavy atom. The molecule has 4 rings (SSSR count). The summed E-state index contributed by atoms with van der Waals surface area (Å²) < 4.78 is 5.82. The fourth-order valence-corrected chi connectivity index (χ4v) is 4.63. The largest absolute Gasteiger partial charge is 0.508 e. The van der Waals surface area contributed by atoms with Crippen LogP contribution in [0, 0.1) is 0 Å². The van der Waals surface area contributed by atoms with Crippen molar-refractivity contribution in [3.8, 4) is 28.2 Å². The van der Waals surface area contributed by atoms with E-state index in [0.29, 0.717) is 29.4 Å². The van der Waals surface area contributed by atoms with Crippen LogP contribution in [0.25, 0.3) is 43.9 Å². The number of aromatic hydroxyl groups is 1. The zero-order valence-corrected chi connectivity index (χ0v) is 22.6. The van der Waals surface area contributed by atoms with Gasteiger partial charge in [-0.05, 0) is 66.8 Å². The fraction of sp³-hybridized carbons (Fsp3) is 0.207. The van der Waals surface area contributed by atoms with Crippen LogP contribution in [0.2, 0.25) is 0 Å². The number of nitrogens with zero attached hydrogens (tertiary/aromatic N) is 3. The molecule has 0 spiro atoms. The first kappa shape index (κ1) is 30.1. The van der Waals surface area contributed by atoms with Crippen LogP contribution in [0.3, 0.4) is 0 Å². The topological polar surface area (TPSA) is 238 Å². The normalized spacial score (nSPS) is 11.4. The van der Waals surface area contributed by atoms with Gasteiger partial charge in [-0.3, -0.25) is 19.2 Å². The Hall–Kier alpha value is -5.88. The predicted molar refractivity (Wildman–Crippen MR) is 154 cm³/mol. The van der Waals surface area contributed by atoms with E-state index in [-0.39, 0.29) is 52.2 Å². The third kappa shape index (κ3) is 7.07. The molecule has 1 aliphatic heterocycles. The maximum atomic E-state index is 12.9. The Labute approximate surface area is 243 Å². The van der Waals surface area contributed by atoms with E-state index in [0.717, 1.165) is 0 Å². The van der Waals surface area contributed by atoms with Gasteiger partial charge in [0.05, 0.1) is 5.56 Å². The molecular weight excluding hydrogens is 560 g/mol. The summed E-state index contributed by atoms with van der Waals surface area (Å²) in [5.41, 5.74) is 14.7. The van der Waals surface area contributed by atoms with Crippen LogP contribution in [-0.4, -0.2) is 53.0 Å². The van der Waals surface area contributed by atoms with E-state index in [1.807, 2.05) is 0 Å². The lowest BCUT2D eigenvalue weighted by atomic mass is 9.90. The van der Waals surface area contributed by atoms with Crippen molar-refractivity contribution in [1.82, 2.24) is 10.6 Å². The van der Waals surface area contributed by atoms with Crippen molar-refractivity contribution in [2.24, 2.45) is 10.8 Å². The summed E-state index contributed by atoms with van der Waals surface area (Å²) in [7, 11) is 0. The number of azide groups is 1. The van der Waals surface area contributed by atoms with Crippen LogP contribution in [0.4, 0.5) is 0 Å². The zero-order chi connectivity index (χ0) is 31.1. The number of hydrogen-bond donors (Lipinski definition) is 5. The summed E-state index contributed by atoms with van der Waals surface area (Å²) in [6.07, 6.45) is 1.03. The number of phenolic OH excluding ortho intramolecular Hbond substituents is 1. The molecule has 0 aromatic heterocycles. The Bertz CT molecular complexity index is 1810. The number of unbranched alkanes of at least 4 members (excludes halogenated alkanes) is 1. The summed E-state index contributed by atoms with van der Waals surface area (Å²) in [6.45, 7) is -0.276. The third-order valence-electron chi connectivity index (χ3n) is 6.62. The first-order chi connectivity index (χ1) is 20.6. The van der Waals surface area contributed by atoms with E-state index in [1.54, 1.807) is 6.07 Å². The number of aromatic carboxylic acids is 1. The number of fused-ring (bicyclic) bond motifs is 2. The highest BCUT2D eigenvalue weighted by molar-refractivity contribution is 6.09. The molecule has 6 N–H and O–H groups in total. The number of hydrogen-bond acceptors (Lipinski definition) is 8. The van der Waals surface area contributed by atoms with Crippen LogP contribution in [-0.2, 0) is 9.59 Å². The molecule has 0 saturated heterocycles. The lowest BCUT2D eigenvalue weighted by molar-refractivity contribution is -0.126. The second kappa shape index (κ2) is 13.2. The minimum atomic E-state index is -1.29. The fourth-order valence-electron chi connectivity index (χ4n) is 4.63. The first-order valence-corrected chi connectivity index (χ1v) is 13.0. The highest BCUT2D eigenvalue weighted by atomic mass is 16.4. The Kier molecular flexibility index (Phi) is 9.23. The molecule has 2 aromatic carbocycles. The number of carbonyl (C=O) groups is 4. The zero-order valence-electron chi connectivity index (χ0n) is 22.6. The van der Waals surface area contributed by atoms with Crippen LogP contribution < -0.4 is 21.8 Å². The number of nitrogens with two attached hydrogens (primary N) is 1. The van der Waals surface area contributed by atoms with Crippen molar-refractivity contribution in [2.75, 3.05) is 13.1 Å². The number of phenols is 1. The molecule has 1 atom stereocenters. The van der Waals surface area contributed by atoms with Gasteiger partial charge in [-0.1, -0.05) is 11.2 Å². The molecule has 0 saturated carbocycles. The summed E-state index contributed by atoms with van der Waals surface area (Å²) >= 11 is 0. The maximum Gasteiger partial charge on any atom is 0.336 e. The molecule has 1 unspecified atom stereocenters. The highest BCUT2D eigenvalue weighted by Crippen LogP contribution is 2.42. The van der Waals surface area contributed by atoms with E-state index >= 15 is 0 Å². The number of carbonyl (C=O) groups excluding carboxylic acids is 3. The molecule has 0 bridgehead atoms. The Morgan fingerprint density at radius 3 is 2.51 bits per heavy atom. The Balaban J connectivity index is 1.52. The predicted octanol–water partition coefficient (Wildman–Crippen LogP) is 3.15. The Morgan fingerprint density at radius 1 is 1.02 bits per heavy atom. The molecule has 0 fully saturated rings. The number of primary amides is 1. The van der Waals surface area contributed by atoms with Gasteiger partial charge in [0.15, 0.2) is 5.43 Å². The minimum absolute atomic E-state index is 0.0782. The molecule has 220 valence electrons. The van der Waals surface area contributed by atoms with E-state index in [4.69, 9.17) is 15.7 Å².